The molecule has 12 heteroatoms. The lowest BCUT2D eigenvalue weighted by Crippen LogP contribution is -3.00. The molecular weight excluding hydrogens is 739 g/mol. The minimum Gasteiger partial charge on any atom is -1.00 e. The molecular formula is C43H84ClN2O8P. The normalized spacial score (nSPS) is 13.1. The number of unbranched alkanes of at least 4 members (excludes halogenated alkanes) is 24. The van der Waals surface area contributed by atoms with Gasteiger partial charge in [0.15, 0.2) is 6.10 Å². The summed E-state index contributed by atoms with van der Waals surface area (Å²) in [7, 11) is 1.88. The summed E-state index contributed by atoms with van der Waals surface area (Å²) in [5.41, 5.74) is 0. The van der Waals surface area contributed by atoms with Crippen LogP contribution in [0.4, 0.5) is 0 Å². The van der Waals surface area contributed by atoms with E-state index in [0.717, 1.165) is 38.5 Å². The first-order valence-electron chi connectivity index (χ1n) is 22.1. The molecule has 0 N–H and O–H groups in total. The summed E-state index contributed by atoms with van der Waals surface area (Å²) < 4.78 is 41.8. The van der Waals surface area contributed by atoms with Crippen molar-refractivity contribution in [2.24, 2.45) is 0 Å². The Morgan fingerprint density at radius 1 is 0.564 bits per heavy atom. The molecule has 0 spiro atoms. The Bertz CT molecular complexity index is 975. The number of halogens is 1. The zero-order valence-electron chi connectivity index (χ0n) is 36.1. The van der Waals surface area contributed by atoms with Gasteiger partial charge in [0, 0.05) is 12.8 Å². The average molecular weight is 824 g/mol. The lowest BCUT2D eigenvalue weighted by molar-refractivity contribution is -0.870. The molecule has 0 amide bonds. The van der Waals surface area contributed by atoms with Crippen LogP contribution in [0.1, 0.15) is 194 Å². The molecule has 0 aliphatic heterocycles. The van der Waals surface area contributed by atoms with Gasteiger partial charge in [-0.25, -0.2) is 11.1 Å². The van der Waals surface area contributed by atoms with Crippen LogP contribution >= 0.6 is 7.82 Å². The van der Waals surface area contributed by atoms with Gasteiger partial charge in [-0.2, -0.15) is 0 Å². The van der Waals surface area contributed by atoms with Crippen molar-refractivity contribution in [2.75, 3.05) is 60.7 Å². The summed E-state index contributed by atoms with van der Waals surface area (Å²) in [6.07, 6.45) is 31.3. The second kappa shape index (κ2) is 39.6. The largest absolute Gasteiger partial charge is 1.00 e. The Kier molecular flexibility index (Phi) is 40.2. The van der Waals surface area contributed by atoms with Crippen molar-refractivity contribution in [3.8, 4) is 0 Å². The van der Waals surface area contributed by atoms with E-state index in [9.17, 15) is 14.2 Å². The molecule has 0 heterocycles. The fourth-order valence-corrected chi connectivity index (χ4v) is 7.29. The topological polar surface area (TPSA) is 102 Å². The molecule has 2 atom stereocenters. The van der Waals surface area contributed by atoms with Crippen LogP contribution in [0, 0.1) is 6.57 Å². The van der Waals surface area contributed by atoms with Gasteiger partial charge in [0.25, 0.3) is 0 Å². The highest BCUT2D eigenvalue weighted by Crippen LogP contribution is 2.49. The highest BCUT2D eigenvalue weighted by atomic mass is 35.5. The van der Waals surface area contributed by atoms with Crippen LogP contribution in [0.15, 0.2) is 0 Å². The first kappa shape index (κ1) is 55.9. The Hall–Kier alpha value is -1.21. The Balaban J connectivity index is 0. The summed E-state index contributed by atoms with van der Waals surface area (Å²) in [5.74, 6) is -0.764. The van der Waals surface area contributed by atoms with Crippen molar-refractivity contribution >= 4 is 19.8 Å². The quantitative estimate of drug-likeness (QED) is 0.0198. The van der Waals surface area contributed by atoms with Crippen molar-refractivity contribution in [1.29, 1.82) is 0 Å². The lowest BCUT2D eigenvalue weighted by Gasteiger charge is -2.25. The number of nitrogens with zero attached hydrogens (tertiary/aromatic N) is 2. The first-order chi connectivity index (χ1) is 26.0. The molecule has 0 saturated heterocycles. The molecule has 0 rings (SSSR count). The van der Waals surface area contributed by atoms with Crippen molar-refractivity contribution in [1.82, 2.24) is 0 Å². The maximum absolute atomic E-state index is 13.4. The van der Waals surface area contributed by atoms with E-state index in [0.29, 0.717) is 17.4 Å². The summed E-state index contributed by atoms with van der Waals surface area (Å²) in [4.78, 5) is 28.7. The third-order valence-electron chi connectivity index (χ3n) is 9.58. The third-order valence-corrected chi connectivity index (χ3v) is 11.0. The Morgan fingerprint density at radius 2 is 0.945 bits per heavy atom. The predicted octanol–water partition coefficient (Wildman–Crippen LogP) is 9.19. The second-order valence-corrected chi connectivity index (χ2v) is 17.8. The maximum atomic E-state index is 13.4. The highest BCUT2D eigenvalue weighted by Gasteiger charge is 2.31. The van der Waals surface area contributed by atoms with Crippen LogP contribution in [0.25, 0.3) is 4.85 Å². The number of rotatable bonds is 41. The van der Waals surface area contributed by atoms with E-state index in [1.807, 2.05) is 21.1 Å². The van der Waals surface area contributed by atoms with Crippen molar-refractivity contribution in [2.45, 2.75) is 200 Å². The van der Waals surface area contributed by atoms with E-state index in [1.54, 1.807) is 0 Å². The molecule has 0 fully saturated rings. The fourth-order valence-electron chi connectivity index (χ4n) is 6.10. The fraction of sp³-hybridized carbons (Fsp3) is 0.930. The molecule has 55 heavy (non-hydrogen) atoms. The lowest BCUT2D eigenvalue weighted by atomic mass is 10.0. The number of hydrogen-bond acceptors (Lipinski definition) is 8. The monoisotopic (exact) mass is 823 g/mol. The first-order valence-corrected chi connectivity index (χ1v) is 23.5. The Morgan fingerprint density at radius 3 is 1.35 bits per heavy atom. The number of quaternary nitrogens is 1. The number of hydrogen-bond donors (Lipinski definition) is 0. The molecule has 0 aromatic carbocycles. The van der Waals surface area contributed by atoms with Gasteiger partial charge >= 0.3 is 19.8 Å². The van der Waals surface area contributed by atoms with Crippen LogP contribution < -0.4 is 12.4 Å². The van der Waals surface area contributed by atoms with Gasteiger partial charge in [-0.3, -0.25) is 23.2 Å². The van der Waals surface area contributed by atoms with Crippen molar-refractivity contribution < 1.29 is 54.1 Å². The molecule has 0 aromatic heterocycles. The number of carbonyl (C=O) groups is 2. The number of ether oxygens (including phenoxy) is 2. The third kappa shape index (κ3) is 40.8. The van der Waals surface area contributed by atoms with Gasteiger partial charge in [-0.05, 0) is 12.8 Å². The van der Waals surface area contributed by atoms with Gasteiger partial charge in [0.05, 0.1) is 27.7 Å². The molecule has 0 aliphatic rings. The maximum Gasteiger partial charge on any atom is 0.475 e. The molecule has 0 radical (unpaired) electrons. The van der Waals surface area contributed by atoms with Crippen LogP contribution in [0.5, 0.6) is 0 Å². The zero-order chi connectivity index (χ0) is 40.0. The smallest absolute Gasteiger partial charge is 0.475 e. The molecule has 0 saturated carbocycles. The van der Waals surface area contributed by atoms with Gasteiger partial charge in [0.2, 0.25) is 6.54 Å². The van der Waals surface area contributed by atoms with E-state index in [-0.39, 0.29) is 57.8 Å². The van der Waals surface area contributed by atoms with Gasteiger partial charge in [-0.1, -0.05) is 168 Å². The summed E-state index contributed by atoms with van der Waals surface area (Å²) in [6, 6.07) is 0. The predicted molar refractivity (Wildman–Crippen MR) is 221 cm³/mol. The molecule has 326 valence electrons. The minimum atomic E-state index is -4.06. The van der Waals surface area contributed by atoms with E-state index in [1.165, 1.54) is 128 Å². The number of likely N-dealkylation sites (N-methyl/N-ethyl adjacent to an activating group) is 1. The molecule has 0 aliphatic carbocycles. The number of carbonyl (C=O) groups excluding carboxylic acids is 2. The Labute approximate surface area is 344 Å². The van der Waals surface area contributed by atoms with Gasteiger partial charge < -0.3 is 31.2 Å². The van der Waals surface area contributed by atoms with Crippen LogP contribution in [-0.4, -0.2) is 83.2 Å². The molecule has 10 nitrogen and oxygen atoms in total. The van der Waals surface area contributed by atoms with E-state index < -0.39 is 19.9 Å². The average Bonchev–Trinajstić information content (AvgIpc) is 3.13. The summed E-state index contributed by atoms with van der Waals surface area (Å²) >= 11 is 0. The highest BCUT2D eigenvalue weighted by molar-refractivity contribution is 7.48. The van der Waals surface area contributed by atoms with Crippen molar-refractivity contribution in [3.63, 3.8) is 0 Å². The number of esters is 2. The van der Waals surface area contributed by atoms with Crippen LogP contribution in [0.3, 0.4) is 0 Å². The molecule has 2 unspecified atom stereocenters. The van der Waals surface area contributed by atoms with Gasteiger partial charge in [-0.15, -0.1) is 0 Å². The summed E-state index contributed by atoms with van der Waals surface area (Å²) in [5, 5.41) is 0. The van der Waals surface area contributed by atoms with Crippen LogP contribution in [-0.2, 0) is 37.2 Å². The zero-order valence-corrected chi connectivity index (χ0v) is 37.8. The number of phosphoric ester groups is 1. The molecule has 0 aromatic rings. The summed E-state index contributed by atoms with van der Waals surface area (Å²) in [6.45, 7) is 11.5. The van der Waals surface area contributed by atoms with Crippen molar-refractivity contribution in [3.05, 3.63) is 11.4 Å². The second-order valence-electron chi connectivity index (χ2n) is 16.1. The number of phosphoric acid groups is 1. The standard InChI is InChI=1S/C43H84N2O8P.ClH/c1-7-9-11-13-15-17-19-21-23-25-27-29-31-33-42(46)49-39-41(40-52-54(48,50-37-35-44-3)51-38-36-45(4,5)6)53-43(47)34-32-30-28-26-24-22-20-18-16-14-12-10-8-2;/h41H,7-40H2,1-2,4-6H3;1H/q+1;/p-1. The van der Waals surface area contributed by atoms with E-state index >= 15 is 0 Å². The molecule has 0 bridgehead atoms. The van der Waals surface area contributed by atoms with E-state index in [4.69, 9.17) is 29.6 Å². The van der Waals surface area contributed by atoms with Gasteiger partial charge in [0.1, 0.15) is 26.4 Å². The van der Waals surface area contributed by atoms with Crippen LogP contribution in [0.2, 0.25) is 0 Å². The minimum absolute atomic E-state index is 0. The SMILES string of the molecule is [C-]#[N+]CCOP(=O)(OCC[N+](C)(C)C)OCC(COC(=O)CCCCCCCCCCCCCCC)OC(=O)CCCCCCCCCCCCCCC.[Cl-]. The van der Waals surface area contributed by atoms with E-state index in [2.05, 4.69) is 18.7 Å².